The molecule has 0 amide bonds. The zero-order valence-electron chi connectivity index (χ0n) is 22.2. The first-order valence-corrected chi connectivity index (χ1v) is 17.8. The molecule has 4 aromatic carbocycles. The highest BCUT2D eigenvalue weighted by Crippen LogP contribution is 2.49. The molecule has 1 fully saturated rings. The molecule has 0 unspecified atom stereocenters. The highest BCUT2D eigenvalue weighted by Gasteiger charge is 2.36. The normalized spacial score (nSPS) is 15.2. The lowest BCUT2D eigenvalue weighted by Gasteiger charge is -2.38. The van der Waals surface area contributed by atoms with Crippen molar-refractivity contribution in [3.8, 4) is 0 Å². The van der Waals surface area contributed by atoms with Gasteiger partial charge in [0.25, 0.3) is 10.0 Å². The quantitative estimate of drug-likeness (QED) is 0.206. The fraction of sp³-hybridized carbons (Fsp3) is 0.212. The average molecular weight is 572 g/mol. The van der Waals surface area contributed by atoms with E-state index in [2.05, 4.69) is 30.1 Å². The van der Waals surface area contributed by atoms with Gasteiger partial charge >= 0.3 is 0 Å². The molecule has 0 bridgehead atoms. The Hall–Kier alpha value is -2.98. The van der Waals surface area contributed by atoms with Gasteiger partial charge in [-0.3, -0.25) is 4.31 Å². The molecule has 0 heterocycles. The second-order valence-corrected chi connectivity index (χ2v) is 16.3. The molecule has 5 rings (SSSR count). The summed E-state index contributed by atoms with van der Waals surface area (Å²) in [6.07, 6.45) is 4.81. The summed E-state index contributed by atoms with van der Waals surface area (Å²) in [5.74, 6) is 2.11. The van der Waals surface area contributed by atoms with Crippen LogP contribution in [-0.2, 0) is 21.8 Å². The summed E-state index contributed by atoms with van der Waals surface area (Å²) in [4.78, 5) is 0.313. The first kappa shape index (κ1) is 27.6. The van der Waals surface area contributed by atoms with Gasteiger partial charge in [-0.05, 0) is 53.9 Å². The third kappa shape index (κ3) is 5.96. The molecule has 0 aromatic heterocycles. The Labute approximate surface area is 238 Å². The van der Waals surface area contributed by atoms with E-state index in [1.54, 1.807) is 16.4 Å². The summed E-state index contributed by atoms with van der Waals surface area (Å²) >= 11 is 6.60. The van der Waals surface area contributed by atoms with Crippen molar-refractivity contribution < 1.29 is 8.42 Å². The molecular weight excluding hydrogens is 537 g/mol. The van der Waals surface area contributed by atoms with Crippen molar-refractivity contribution in [3.05, 3.63) is 132 Å². The van der Waals surface area contributed by atoms with E-state index in [-0.39, 0.29) is 6.04 Å². The SMILES string of the molecule is Cc1ccc(S(=O)(=O)N(/C(=C/P(=S)(c2ccccc2)c2ccccc2)c2ccccc2)C2CCCCC2)cc1. The maximum absolute atomic E-state index is 14.6. The smallest absolute Gasteiger partial charge is 0.263 e. The predicted molar refractivity (Wildman–Crippen MR) is 168 cm³/mol. The van der Waals surface area contributed by atoms with Crippen LogP contribution < -0.4 is 10.6 Å². The van der Waals surface area contributed by atoms with Gasteiger partial charge in [0.05, 0.1) is 10.6 Å². The van der Waals surface area contributed by atoms with Crippen LogP contribution in [0.15, 0.2) is 126 Å². The molecule has 0 atom stereocenters. The van der Waals surface area contributed by atoms with Crippen molar-refractivity contribution in [2.24, 2.45) is 0 Å². The van der Waals surface area contributed by atoms with Crippen LogP contribution in [0.3, 0.4) is 0 Å². The first-order chi connectivity index (χ1) is 18.9. The molecule has 6 heteroatoms. The topological polar surface area (TPSA) is 37.4 Å². The van der Waals surface area contributed by atoms with Gasteiger partial charge in [0.15, 0.2) is 0 Å². The van der Waals surface area contributed by atoms with Crippen molar-refractivity contribution in [2.45, 2.75) is 50.0 Å². The number of sulfonamides is 1. The average Bonchev–Trinajstić information content (AvgIpc) is 2.99. The minimum Gasteiger partial charge on any atom is -0.263 e. The van der Waals surface area contributed by atoms with Gasteiger partial charge in [0.1, 0.15) is 0 Å². The van der Waals surface area contributed by atoms with Crippen molar-refractivity contribution in [3.63, 3.8) is 0 Å². The molecule has 1 aliphatic rings. The van der Waals surface area contributed by atoms with Crippen LogP contribution in [0.4, 0.5) is 0 Å². The molecule has 0 saturated heterocycles. The Morgan fingerprint density at radius 2 is 1.23 bits per heavy atom. The molecule has 0 N–H and O–H groups in total. The fourth-order valence-electron chi connectivity index (χ4n) is 5.30. The van der Waals surface area contributed by atoms with Crippen LogP contribution >= 0.6 is 6.04 Å². The monoisotopic (exact) mass is 571 g/mol. The molecular formula is C33H34NO2PS2. The van der Waals surface area contributed by atoms with E-state index < -0.39 is 16.1 Å². The van der Waals surface area contributed by atoms with Crippen LogP contribution in [0.1, 0.15) is 43.2 Å². The van der Waals surface area contributed by atoms with Crippen LogP contribution in [0.5, 0.6) is 0 Å². The number of nitrogens with zero attached hydrogens (tertiary/aromatic N) is 1. The lowest BCUT2D eigenvalue weighted by Crippen LogP contribution is -2.40. The highest BCUT2D eigenvalue weighted by atomic mass is 32.4. The summed E-state index contributed by atoms with van der Waals surface area (Å²) in [7, 11) is -3.87. The molecule has 0 aliphatic heterocycles. The molecule has 0 radical (unpaired) electrons. The second-order valence-electron chi connectivity index (χ2n) is 10.1. The molecule has 1 saturated carbocycles. The van der Waals surface area contributed by atoms with Crippen LogP contribution in [0.25, 0.3) is 5.70 Å². The summed E-state index contributed by atoms with van der Waals surface area (Å²) < 4.78 is 30.9. The summed E-state index contributed by atoms with van der Waals surface area (Å²) in [6, 6.07) is 34.7. The van der Waals surface area contributed by atoms with Gasteiger partial charge in [-0.25, -0.2) is 8.42 Å². The van der Waals surface area contributed by atoms with Gasteiger partial charge in [-0.15, -0.1) is 0 Å². The van der Waals surface area contributed by atoms with E-state index in [1.807, 2.05) is 85.8 Å². The van der Waals surface area contributed by atoms with E-state index >= 15 is 0 Å². The Balaban J connectivity index is 1.80. The van der Waals surface area contributed by atoms with Crippen LogP contribution in [0, 0.1) is 6.92 Å². The van der Waals surface area contributed by atoms with E-state index in [1.165, 1.54) is 0 Å². The zero-order valence-corrected chi connectivity index (χ0v) is 24.7. The van der Waals surface area contributed by atoms with Gasteiger partial charge in [-0.2, -0.15) is 0 Å². The Kier molecular flexibility index (Phi) is 8.52. The van der Waals surface area contributed by atoms with Gasteiger partial charge in [0, 0.05) is 12.1 Å². The van der Waals surface area contributed by atoms with E-state index in [0.29, 0.717) is 10.6 Å². The van der Waals surface area contributed by atoms with E-state index in [4.69, 9.17) is 11.8 Å². The maximum atomic E-state index is 14.6. The minimum absolute atomic E-state index is 0.133. The maximum Gasteiger partial charge on any atom is 0.264 e. The zero-order chi connectivity index (χ0) is 27.3. The first-order valence-electron chi connectivity index (χ1n) is 13.5. The lowest BCUT2D eigenvalue weighted by molar-refractivity contribution is 0.315. The Morgan fingerprint density at radius 1 is 0.744 bits per heavy atom. The number of rotatable bonds is 8. The molecule has 4 aromatic rings. The number of hydrogen-bond donors (Lipinski definition) is 0. The standard InChI is InChI=1S/C33H34NO2PS2/c1-27-22-24-32(25-23-27)39(35,36)34(29-16-8-3-9-17-29)33(28-14-6-2-7-15-28)26-37(38,30-18-10-4-11-19-30)31-20-12-5-13-21-31/h2,4-7,10-15,18-26,29H,3,8-9,16-17H2,1H3/b33-26+. The van der Waals surface area contributed by atoms with Crippen molar-refractivity contribution in [2.75, 3.05) is 0 Å². The highest BCUT2D eigenvalue weighted by molar-refractivity contribution is 8.23. The number of aryl methyl sites for hydroxylation is 1. The van der Waals surface area contributed by atoms with E-state index in [9.17, 15) is 8.42 Å². The van der Waals surface area contributed by atoms with E-state index in [0.717, 1.165) is 53.8 Å². The molecule has 3 nitrogen and oxygen atoms in total. The Bertz CT molecular complexity index is 1520. The summed E-state index contributed by atoms with van der Waals surface area (Å²) in [6.45, 7) is 1.97. The van der Waals surface area contributed by atoms with Crippen molar-refractivity contribution in [1.82, 2.24) is 4.31 Å². The lowest BCUT2D eigenvalue weighted by atomic mass is 9.95. The third-order valence-electron chi connectivity index (χ3n) is 7.37. The molecule has 0 spiro atoms. The van der Waals surface area contributed by atoms with Crippen molar-refractivity contribution in [1.29, 1.82) is 0 Å². The molecule has 39 heavy (non-hydrogen) atoms. The predicted octanol–water partition coefficient (Wildman–Crippen LogP) is 7.45. The molecule has 1 aliphatic carbocycles. The summed E-state index contributed by atoms with van der Waals surface area (Å²) in [5.41, 5.74) is 2.57. The van der Waals surface area contributed by atoms with Gasteiger partial charge < -0.3 is 0 Å². The number of benzene rings is 4. The molecule has 200 valence electrons. The van der Waals surface area contributed by atoms with Crippen LogP contribution in [-0.4, -0.2) is 18.8 Å². The van der Waals surface area contributed by atoms with Crippen molar-refractivity contribution >= 4 is 44.2 Å². The third-order valence-corrected chi connectivity index (χ3v) is 13.6. The fourth-order valence-corrected chi connectivity index (χ4v) is 10.6. The van der Waals surface area contributed by atoms with Crippen LogP contribution in [0.2, 0.25) is 0 Å². The number of hydrogen-bond acceptors (Lipinski definition) is 3. The van der Waals surface area contributed by atoms with Gasteiger partial charge in [0.2, 0.25) is 0 Å². The minimum atomic E-state index is -3.87. The summed E-state index contributed by atoms with van der Waals surface area (Å²) in [5, 5.41) is 2.08. The van der Waals surface area contributed by atoms with Gasteiger partial charge in [-0.1, -0.05) is 140 Å². The second kappa shape index (κ2) is 12.0. The largest absolute Gasteiger partial charge is 0.264 e. The Morgan fingerprint density at radius 3 is 1.74 bits per heavy atom.